The number of nitrogens with two attached hydrogens (primary N) is 2. The van der Waals surface area contributed by atoms with Crippen LogP contribution >= 0.6 is 0 Å². The number of nitrogens with zero attached hydrogens (tertiary/aromatic N) is 1. The Kier molecular flexibility index (Phi) is 3.48. The molecule has 0 aromatic heterocycles. The van der Waals surface area contributed by atoms with E-state index in [-0.39, 0.29) is 10.9 Å². The minimum absolute atomic E-state index is 0.183. The van der Waals surface area contributed by atoms with Gasteiger partial charge in [0, 0.05) is 23.8 Å². The number of fused-ring (bicyclic) bond motifs is 2. The molecule has 3 rings (SSSR count). The van der Waals surface area contributed by atoms with Gasteiger partial charge in [0.15, 0.2) is 0 Å². The van der Waals surface area contributed by atoms with Crippen LogP contribution in [0.3, 0.4) is 0 Å². The molecule has 2 atom stereocenters. The molecule has 20 heavy (non-hydrogen) atoms. The number of anilines is 1. The molecule has 1 aromatic rings. The highest BCUT2D eigenvalue weighted by Crippen LogP contribution is 2.37. The summed E-state index contributed by atoms with van der Waals surface area (Å²) in [5.74, 6) is 0. The smallest absolute Gasteiger partial charge is 0.238 e. The van der Waals surface area contributed by atoms with Crippen molar-refractivity contribution in [3.63, 3.8) is 0 Å². The van der Waals surface area contributed by atoms with Gasteiger partial charge in [-0.2, -0.15) is 0 Å². The molecule has 1 aromatic carbocycles. The van der Waals surface area contributed by atoms with E-state index in [1.54, 1.807) is 18.2 Å². The van der Waals surface area contributed by atoms with Crippen LogP contribution in [-0.4, -0.2) is 26.5 Å². The standard InChI is InChI=1S/C14H21N3O2S/c15-10-7-11-3-1-4-12(8-10)17(11)13-5-2-6-14(9-13)20(16,18)19/h2,5-6,9-12H,1,3-4,7-8,15H2,(H2,16,18,19). The van der Waals surface area contributed by atoms with E-state index in [0.717, 1.165) is 31.4 Å². The molecule has 2 unspecified atom stereocenters. The van der Waals surface area contributed by atoms with Crippen molar-refractivity contribution in [1.82, 2.24) is 0 Å². The Bertz CT molecular complexity index is 588. The number of hydrogen-bond acceptors (Lipinski definition) is 4. The van der Waals surface area contributed by atoms with Gasteiger partial charge in [0.1, 0.15) is 0 Å². The van der Waals surface area contributed by atoms with E-state index < -0.39 is 10.0 Å². The van der Waals surface area contributed by atoms with E-state index in [2.05, 4.69) is 4.90 Å². The summed E-state index contributed by atoms with van der Waals surface area (Å²) in [6.07, 6.45) is 5.45. The second-order valence-corrected chi connectivity index (χ2v) is 7.48. The van der Waals surface area contributed by atoms with Gasteiger partial charge in [0.25, 0.3) is 0 Å². The van der Waals surface area contributed by atoms with Crippen molar-refractivity contribution in [2.24, 2.45) is 10.9 Å². The molecule has 2 bridgehead atoms. The predicted octanol–water partition coefficient (Wildman–Crippen LogP) is 1.18. The average molecular weight is 295 g/mol. The topological polar surface area (TPSA) is 89.4 Å². The van der Waals surface area contributed by atoms with Crippen molar-refractivity contribution in [3.8, 4) is 0 Å². The number of piperidine rings is 2. The summed E-state index contributed by atoms with van der Waals surface area (Å²) in [6, 6.07) is 8.09. The van der Waals surface area contributed by atoms with Gasteiger partial charge in [-0.1, -0.05) is 6.07 Å². The molecular weight excluding hydrogens is 274 g/mol. The number of benzene rings is 1. The molecule has 0 radical (unpaired) electrons. The lowest BCUT2D eigenvalue weighted by atomic mass is 9.81. The van der Waals surface area contributed by atoms with Gasteiger partial charge in [0.05, 0.1) is 4.90 Å². The first-order valence-electron chi connectivity index (χ1n) is 7.12. The molecule has 2 heterocycles. The third-order valence-electron chi connectivity index (χ3n) is 4.46. The van der Waals surface area contributed by atoms with Crippen molar-refractivity contribution >= 4 is 15.7 Å². The Balaban J connectivity index is 1.96. The van der Waals surface area contributed by atoms with Gasteiger partial charge in [-0.15, -0.1) is 0 Å². The van der Waals surface area contributed by atoms with E-state index in [4.69, 9.17) is 10.9 Å². The van der Waals surface area contributed by atoms with Gasteiger partial charge in [-0.25, -0.2) is 13.6 Å². The van der Waals surface area contributed by atoms with Crippen molar-refractivity contribution < 1.29 is 8.42 Å². The Morgan fingerprint density at radius 3 is 2.40 bits per heavy atom. The van der Waals surface area contributed by atoms with Crippen LogP contribution in [0, 0.1) is 0 Å². The predicted molar refractivity (Wildman–Crippen MR) is 78.9 cm³/mol. The van der Waals surface area contributed by atoms with Crippen LogP contribution in [0.4, 0.5) is 5.69 Å². The van der Waals surface area contributed by atoms with Crippen molar-refractivity contribution in [2.75, 3.05) is 4.90 Å². The first-order chi connectivity index (χ1) is 9.45. The van der Waals surface area contributed by atoms with E-state index >= 15 is 0 Å². The van der Waals surface area contributed by atoms with Crippen molar-refractivity contribution in [3.05, 3.63) is 24.3 Å². The lowest BCUT2D eigenvalue weighted by Gasteiger charge is -2.49. The molecule has 0 spiro atoms. The van der Waals surface area contributed by atoms with Crippen LogP contribution in [0.1, 0.15) is 32.1 Å². The fourth-order valence-corrected chi connectivity index (χ4v) is 4.22. The molecule has 6 heteroatoms. The first kappa shape index (κ1) is 13.9. The Morgan fingerprint density at radius 1 is 1.15 bits per heavy atom. The Morgan fingerprint density at radius 2 is 1.80 bits per heavy atom. The van der Waals surface area contributed by atoms with Crippen LogP contribution in [0.15, 0.2) is 29.2 Å². The molecule has 2 saturated heterocycles. The normalized spacial score (nSPS) is 30.3. The average Bonchev–Trinajstić information content (AvgIpc) is 2.37. The molecule has 2 aliphatic heterocycles. The second kappa shape index (κ2) is 5.02. The highest BCUT2D eigenvalue weighted by molar-refractivity contribution is 7.89. The molecule has 110 valence electrons. The quantitative estimate of drug-likeness (QED) is 0.857. The van der Waals surface area contributed by atoms with Gasteiger partial charge in [-0.3, -0.25) is 0 Å². The lowest BCUT2D eigenvalue weighted by Crippen LogP contribution is -2.55. The van der Waals surface area contributed by atoms with E-state index in [0.29, 0.717) is 12.1 Å². The van der Waals surface area contributed by atoms with Crippen LogP contribution in [0.2, 0.25) is 0 Å². The summed E-state index contributed by atoms with van der Waals surface area (Å²) in [5, 5.41) is 5.23. The van der Waals surface area contributed by atoms with Gasteiger partial charge in [-0.05, 0) is 50.3 Å². The molecule has 4 N–H and O–H groups in total. The fourth-order valence-electron chi connectivity index (χ4n) is 3.67. The van der Waals surface area contributed by atoms with Crippen LogP contribution < -0.4 is 15.8 Å². The van der Waals surface area contributed by atoms with Crippen LogP contribution in [0.5, 0.6) is 0 Å². The maximum Gasteiger partial charge on any atom is 0.238 e. The number of hydrogen-bond donors (Lipinski definition) is 2. The Labute approximate surface area is 120 Å². The van der Waals surface area contributed by atoms with Gasteiger partial charge in [0.2, 0.25) is 10.0 Å². The monoisotopic (exact) mass is 295 g/mol. The lowest BCUT2D eigenvalue weighted by molar-refractivity contribution is 0.271. The van der Waals surface area contributed by atoms with Crippen LogP contribution in [0.25, 0.3) is 0 Å². The summed E-state index contributed by atoms with van der Waals surface area (Å²) in [5.41, 5.74) is 7.08. The van der Waals surface area contributed by atoms with E-state index in [1.165, 1.54) is 6.42 Å². The van der Waals surface area contributed by atoms with Crippen molar-refractivity contribution in [1.29, 1.82) is 0 Å². The molecule has 2 aliphatic rings. The highest BCUT2D eigenvalue weighted by atomic mass is 32.2. The Hall–Kier alpha value is -1.11. The third-order valence-corrected chi connectivity index (χ3v) is 5.37. The zero-order valence-corrected chi connectivity index (χ0v) is 12.2. The summed E-state index contributed by atoms with van der Waals surface area (Å²) < 4.78 is 23.0. The molecule has 0 aliphatic carbocycles. The number of rotatable bonds is 2. The van der Waals surface area contributed by atoms with E-state index in [1.807, 2.05) is 6.07 Å². The molecule has 5 nitrogen and oxygen atoms in total. The maximum absolute atomic E-state index is 11.5. The maximum atomic E-state index is 11.5. The molecule has 2 fully saturated rings. The summed E-state index contributed by atoms with van der Waals surface area (Å²) >= 11 is 0. The number of primary sulfonamides is 1. The fraction of sp³-hybridized carbons (Fsp3) is 0.571. The first-order valence-corrected chi connectivity index (χ1v) is 8.66. The minimum atomic E-state index is -3.65. The zero-order valence-electron chi connectivity index (χ0n) is 11.4. The molecule has 0 saturated carbocycles. The number of sulfonamides is 1. The minimum Gasteiger partial charge on any atom is -0.365 e. The SMILES string of the molecule is NC1CC2CCCC(C1)N2c1cccc(S(N)(=O)=O)c1. The molecular formula is C14H21N3O2S. The summed E-state index contributed by atoms with van der Waals surface area (Å²) in [7, 11) is -3.65. The molecule has 0 amide bonds. The van der Waals surface area contributed by atoms with Crippen molar-refractivity contribution in [2.45, 2.75) is 55.1 Å². The van der Waals surface area contributed by atoms with Crippen LogP contribution in [-0.2, 0) is 10.0 Å². The summed E-state index contributed by atoms with van der Waals surface area (Å²) in [6.45, 7) is 0. The summed E-state index contributed by atoms with van der Waals surface area (Å²) in [4.78, 5) is 2.55. The highest BCUT2D eigenvalue weighted by Gasteiger charge is 2.37. The largest absolute Gasteiger partial charge is 0.365 e. The van der Waals surface area contributed by atoms with Gasteiger partial charge < -0.3 is 10.6 Å². The van der Waals surface area contributed by atoms with E-state index in [9.17, 15) is 8.42 Å². The zero-order chi connectivity index (χ0) is 14.3. The second-order valence-electron chi connectivity index (χ2n) is 5.92. The van der Waals surface area contributed by atoms with Gasteiger partial charge >= 0.3 is 0 Å². The third kappa shape index (κ3) is 2.55.